The molecule has 0 spiro atoms. The van der Waals surface area contributed by atoms with Crippen molar-refractivity contribution < 1.29 is 9.53 Å². The van der Waals surface area contributed by atoms with Gasteiger partial charge in [-0.2, -0.15) is 0 Å². The summed E-state index contributed by atoms with van der Waals surface area (Å²) < 4.78 is 5.60. The van der Waals surface area contributed by atoms with Crippen LogP contribution in [-0.4, -0.2) is 43.1 Å². The molecule has 4 nitrogen and oxygen atoms in total. The topological polar surface area (TPSA) is 41.6 Å². The van der Waals surface area contributed by atoms with Crippen LogP contribution >= 0.6 is 0 Å². The van der Waals surface area contributed by atoms with Crippen molar-refractivity contribution in [2.75, 3.05) is 26.2 Å². The molecule has 18 heavy (non-hydrogen) atoms. The predicted octanol–water partition coefficient (Wildman–Crippen LogP) is 1.28. The third-order valence-corrected chi connectivity index (χ3v) is 3.12. The van der Waals surface area contributed by atoms with E-state index >= 15 is 0 Å². The number of nitrogens with one attached hydrogen (secondary N) is 1. The number of carbonyl (C=O) groups excluding carboxylic acids is 1. The fourth-order valence-electron chi connectivity index (χ4n) is 2.19. The van der Waals surface area contributed by atoms with E-state index in [0.717, 1.165) is 25.3 Å². The highest BCUT2D eigenvalue weighted by molar-refractivity contribution is 5.83. The number of likely N-dealkylation sites (tertiary alicyclic amines) is 1. The maximum Gasteiger partial charge on any atom is 0.239 e. The molecule has 1 amide bonds. The summed E-state index contributed by atoms with van der Waals surface area (Å²) >= 11 is 0. The number of hydrogen-bond acceptors (Lipinski definition) is 3. The van der Waals surface area contributed by atoms with Crippen molar-refractivity contribution in [3.63, 3.8) is 0 Å². The molecule has 0 aliphatic carbocycles. The highest BCUT2D eigenvalue weighted by Gasteiger charge is 2.30. The molecule has 1 atom stereocenters. The summed E-state index contributed by atoms with van der Waals surface area (Å²) in [6.07, 6.45) is 0.901. The van der Waals surface area contributed by atoms with E-state index in [0.29, 0.717) is 13.2 Å². The van der Waals surface area contributed by atoms with Crippen LogP contribution in [-0.2, 0) is 4.79 Å². The first-order chi connectivity index (χ1) is 8.81. The van der Waals surface area contributed by atoms with E-state index in [9.17, 15) is 4.79 Å². The van der Waals surface area contributed by atoms with Crippen LogP contribution in [0.15, 0.2) is 30.3 Å². The van der Waals surface area contributed by atoms with Crippen LogP contribution < -0.4 is 10.1 Å². The van der Waals surface area contributed by atoms with Crippen molar-refractivity contribution in [2.45, 2.75) is 19.4 Å². The van der Waals surface area contributed by atoms with Gasteiger partial charge >= 0.3 is 0 Å². The molecule has 1 heterocycles. The Kier molecular flexibility index (Phi) is 4.59. The molecule has 1 aliphatic rings. The highest BCUT2D eigenvalue weighted by Crippen LogP contribution is 2.12. The molecule has 1 aromatic rings. The molecule has 0 saturated carbocycles. The summed E-state index contributed by atoms with van der Waals surface area (Å²) in [7, 11) is 0. The first kappa shape index (κ1) is 12.9. The third kappa shape index (κ3) is 3.23. The van der Waals surface area contributed by atoms with Crippen LogP contribution in [0.25, 0.3) is 0 Å². The van der Waals surface area contributed by atoms with Crippen molar-refractivity contribution in [1.82, 2.24) is 10.2 Å². The van der Waals surface area contributed by atoms with Crippen LogP contribution in [0, 0.1) is 0 Å². The minimum atomic E-state index is 0.00623. The number of ether oxygens (including phenoxy) is 1. The van der Waals surface area contributed by atoms with Gasteiger partial charge < -0.3 is 15.0 Å². The zero-order chi connectivity index (χ0) is 12.8. The lowest BCUT2D eigenvalue weighted by Crippen LogP contribution is -2.39. The van der Waals surface area contributed by atoms with Gasteiger partial charge in [0.15, 0.2) is 0 Å². The lowest BCUT2D eigenvalue weighted by atomic mass is 10.2. The van der Waals surface area contributed by atoms with Crippen molar-refractivity contribution in [2.24, 2.45) is 0 Å². The van der Waals surface area contributed by atoms with E-state index < -0.39 is 0 Å². The van der Waals surface area contributed by atoms with Gasteiger partial charge in [-0.05, 0) is 25.1 Å². The smallest absolute Gasteiger partial charge is 0.239 e. The first-order valence-corrected chi connectivity index (χ1v) is 6.51. The van der Waals surface area contributed by atoms with Gasteiger partial charge in [-0.1, -0.05) is 25.1 Å². The highest BCUT2D eigenvalue weighted by atomic mass is 16.5. The molecule has 0 bridgehead atoms. The fourth-order valence-corrected chi connectivity index (χ4v) is 2.19. The molecule has 4 heteroatoms. The second-order valence-electron chi connectivity index (χ2n) is 4.39. The van der Waals surface area contributed by atoms with Crippen LogP contribution in [0.4, 0.5) is 0 Å². The van der Waals surface area contributed by atoms with Crippen molar-refractivity contribution in [1.29, 1.82) is 0 Å². The van der Waals surface area contributed by atoms with Crippen molar-refractivity contribution in [3.8, 4) is 5.75 Å². The maximum absolute atomic E-state index is 11.9. The van der Waals surface area contributed by atoms with Gasteiger partial charge in [-0.3, -0.25) is 4.79 Å². The summed E-state index contributed by atoms with van der Waals surface area (Å²) in [5, 5.41) is 3.20. The second-order valence-corrected chi connectivity index (χ2v) is 4.39. The SMILES string of the molecule is CCNC1CCN(CCOc2ccccc2)C1=O. The number of likely N-dealkylation sites (N-methyl/N-ethyl adjacent to an activating group) is 1. The van der Waals surface area contributed by atoms with Crippen LogP contribution in [0.2, 0.25) is 0 Å². The van der Waals surface area contributed by atoms with E-state index in [1.165, 1.54) is 0 Å². The fraction of sp³-hybridized carbons (Fsp3) is 0.500. The molecule has 1 aliphatic heterocycles. The molecule has 98 valence electrons. The average Bonchev–Trinajstić information content (AvgIpc) is 2.73. The van der Waals surface area contributed by atoms with Crippen molar-refractivity contribution >= 4 is 5.91 Å². The number of rotatable bonds is 6. The average molecular weight is 248 g/mol. The van der Waals surface area contributed by atoms with E-state index in [1.807, 2.05) is 42.2 Å². The van der Waals surface area contributed by atoms with Gasteiger partial charge in [0.2, 0.25) is 5.91 Å². The Bertz CT molecular complexity index is 381. The minimum Gasteiger partial charge on any atom is -0.492 e. The molecule has 0 radical (unpaired) electrons. The lowest BCUT2D eigenvalue weighted by molar-refractivity contribution is -0.129. The number of benzene rings is 1. The molecule has 1 aromatic carbocycles. The van der Waals surface area contributed by atoms with Gasteiger partial charge in [0.1, 0.15) is 12.4 Å². The summed E-state index contributed by atoms with van der Waals surface area (Å²) in [5.41, 5.74) is 0. The van der Waals surface area contributed by atoms with Crippen LogP contribution in [0.5, 0.6) is 5.75 Å². The zero-order valence-electron chi connectivity index (χ0n) is 10.8. The molecular formula is C14H20N2O2. The van der Waals surface area contributed by atoms with Gasteiger partial charge in [0.25, 0.3) is 0 Å². The summed E-state index contributed by atoms with van der Waals surface area (Å²) in [4.78, 5) is 13.8. The first-order valence-electron chi connectivity index (χ1n) is 6.51. The molecule has 1 saturated heterocycles. The Labute approximate surface area is 108 Å². The van der Waals surface area contributed by atoms with E-state index in [4.69, 9.17) is 4.74 Å². The number of hydrogen-bond donors (Lipinski definition) is 1. The molecule has 1 fully saturated rings. The number of carbonyl (C=O) groups is 1. The predicted molar refractivity (Wildman–Crippen MR) is 70.6 cm³/mol. The second kappa shape index (κ2) is 6.40. The van der Waals surface area contributed by atoms with Crippen LogP contribution in [0.1, 0.15) is 13.3 Å². The summed E-state index contributed by atoms with van der Waals surface area (Å²) in [5.74, 6) is 1.06. The Morgan fingerprint density at radius 2 is 2.17 bits per heavy atom. The Balaban J connectivity index is 1.73. The Morgan fingerprint density at radius 3 is 2.89 bits per heavy atom. The van der Waals surface area contributed by atoms with Gasteiger partial charge in [0, 0.05) is 6.54 Å². The molecule has 1 N–H and O–H groups in total. The summed E-state index contributed by atoms with van der Waals surface area (Å²) in [6, 6.07) is 9.69. The Morgan fingerprint density at radius 1 is 1.39 bits per heavy atom. The number of para-hydroxylation sites is 1. The standard InChI is InChI=1S/C14H20N2O2/c1-2-15-13-8-9-16(14(13)17)10-11-18-12-6-4-3-5-7-12/h3-7,13,15H,2,8-11H2,1H3. The third-order valence-electron chi connectivity index (χ3n) is 3.12. The van der Waals surface area contributed by atoms with E-state index in [-0.39, 0.29) is 11.9 Å². The van der Waals surface area contributed by atoms with Crippen molar-refractivity contribution in [3.05, 3.63) is 30.3 Å². The Hall–Kier alpha value is -1.55. The number of nitrogens with zero attached hydrogens (tertiary/aromatic N) is 1. The number of amides is 1. The zero-order valence-corrected chi connectivity index (χ0v) is 10.8. The van der Waals surface area contributed by atoms with E-state index in [1.54, 1.807) is 0 Å². The van der Waals surface area contributed by atoms with Crippen LogP contribution in [0.3, 0.4) is 0 Å². The van der Waals surface area contributed by atoms with Gasteiger partial charge in [-0.25, -0.2) is 0 Å². The molecule has 1 unspecified atom stereocenters. The molecular weight excluding hydrogens is 228 g/mol. The summed E-state index contributed by atoms with van der Waals surface area (Å²) in [6.45, 7) is 4.90. The molecule has 2 rings (SSSR count). The maximum atomic E-state index is 11.9. The largest absolute Gasteiger partial charge is 0.492 e. The molecule has 0 aromatic heterocycles. The quantitative estimate of drug-likeness (QED) is 0.824. The van der Waals surface area contributed by atoms with Gasteiger partial charge in [0.05, 0.1) is 12.6 Å². The monoisotopic (exact) mass is 248 g/mol. The minimum absolute atomic E-state index is 0.00623. The normalized spacial score (nSPS) is 19.3. The van der Waals surface area contributed by atoms with E-state index in [2.05, 4.69) is 5.32 Å². The van der Waals surface area contributed by atoms with Gasteiger partial charge in [-0.15, -0.1) is 0 Å². The lowest BCUT2D eigenvalue weighted by Gasteiger charge is -2.17.